The molecule has 1 aliphatic rings. The van der Waals surface area contributed by atoms with Crippen molar-refractivity contribution in [1.29, 1.82) is 0 Å². The lowest BCUT2D eigenvalue weighted by Crippen LogP contribution is -2.25. The summed E-state index contributed by atoms with van der Waals surface area (Å²) in [6.45, 7) is 8.94. The number of benzene rings is 1. The van der Waals surface area contributed by atoms with Crippen LogP contribution in [0.3, 0.4) is 0 Å². The van der Waals surface area contributed by atoms with Crippen LogP contribution < -0.4 is 9.47 Å². The topological polar surface area (TPSA) is 62.7 Å². The Morgan fingerprint density at radius 1 is 1.07 bits per heavy atom. The number of hydrogen-bond acceptors (Lipinski definition) is 7. The fourth-order valence-corrected chi connectivity index (χ4v) is 6.10. The number of thiazole rings is 1. The molecule has 6 nitrogen and oxygen atoms in total. The summed E-state index contributed by atoms with van der Waals surface area (Å²) in [5, 5.41) is 0.847. The van der Waals surface area contributed by atoms with Gasteiger partial charge in [0.05, 0.1) is 6.10 Å². The quantitative estimate of drug-likeness (QED) is 0.102. The van der Waals surface area contributed by atoms with Gasteiger partial charge in [0.25, 0.3) is 0 Å². The van der Waals surface area contributed by atoms with Crippen LogP contribution in [-0.4, -0.2) is 44.2 Å². The minimum Gasteiger partial charge on any atom is -0.487 e. The summed E-state index contributed by atoms with van der Waals surface area (Å²) in [4.78, 5) is 9.93. The highest BCUT2D eigenvalue weighted by Gasteiger charge is 2.29. The van der Waals surface area contributed by atoms with Gasteiger partial charge in [0, 0.05) is 44.1 Å². The Morgan fingerprint density at radius 3 is 2.48 bits per heavy atom. The predicted molar refractivity (Wildman–Crippen MR) is 156 cm³/mol. The molecule has 10 heteroatoms. The molecular formula is C30H40F2N2O4SSi. The third-order valence-electron chi connectivity index (χ3n) is 7.00. The normalized spacial score (nSPS) is 15.2. The van der Waals surface area contributed by atoms with E-state index in [4.69, 9.17) is 23.9 Å². The van der Waals surface area contributed by atoms with Gasteiger partial charge in [0.15, 0.2) is 11.5 Å². The molecule has 1 saturated carbocycles. The Hall–Kier alpha value is -2.40. The molecule has 0 unspecified atom stereocenters. The average molecular weight is 591 g/mol. The summed E-state index contributed by atoms with van der Waals surface area (Å²) in [5.41, 5.74) is 1.42. The van der Waals surface area contributed by atoms with Gasteiger partial charge in [-0.1, -0.05) is 25.7 Å². The largest absolute Gasteiger partial charge is 0.487 e. The second-order valence-electron chi connectivity index (χ2n) is 11.9. The average Bonchev–Trinajstić information content (AvgIpc) is 3.36. The van der Waals surface area contributed by atoms with Crippen molar-refractivity contribution >= 4 is 19.4 Å². The molecule has 4 rings (SSSR count). The first-order valence-electron chi connectivity index (χ1n) is 13.8. The predicted octanol–water partition coefficient (Wildman–Crippen LogP) is 8.01. The Morgan fingerprint density at radius 2 is 1.82 bits per heavy atom. The summed E-state index contributed by atoms with van der Waals surface area (Å²) in [6.07, 6.45) is 9.03. The standard InChI is InChI=1S/C30H40F2N2O4SSi/c1-30(2,36-20-35-15-16-40(3,4)5)28-34-19-27(39-28)24(17-21-11-13-33-14-12-21)22-9-10-25(38-29(31)32)26(18-22)37-23-7-6-8-23/h9-14,18-19,23-24,29H,6-8,15-17,20H2,1-5H3/t24-/m1/s1. The van der Waals surface area contributed by atoms with Gasteiger partial charge in [-0.15, -0.1) is 11.3 Å². The highest BCUT2D eigenvalue weighted by molar-refractivity contribution is 7.11. The molecule has 218 valence electrons. The van der Waals surface area contributed by atoms with Gasteiger partial charge in [-0.2, -0.15) is 8.78 Å². The van der Waals surface area contributed by atoms with E-state index in [0.29, 0.717) is 18.8 Å². The first kappa shape index (κ1) is 30.6. The van der Waals surface area contributed by atoms with Gasteiger partial charge in [0.2, 0.25) is 0 Å². The molecule has 0 N–H and O–H groups in total. The molecule has 3 aromatic rings. The van der Waals surface area contributed by atoms with E-state index in [1.807, 2.05) is 44.3 Å². The lowest BCUT2D eigenvalue weighted by atomic mass is 9.91. The molecular weight excluding hydrogens is 550 g/mol. The molecule has 1 atom stereocenters. The van der Waals surface area contributed by atoms with Crippen LogP contribution in [0.15, 0.2) is 48.9 Å². The van der Waals surface area contributed by atoms with Gasteiger partial charge in [0.1, 0.15) is 17.4 Å². The van der Waals surface area contributed by atoms with E-state index < -0.39 is 20.3 Å². The van der Waals surface area contributed by atoms with Crippen molar-refractivity contribution in [2.45, 2.75) is 89.5 Å². The zero-order valence-electron chi connectivity index (χ0n) is 24.0. The maximum Gasteiger partial charge on any atom is 0.387 e. The van der Waals surface area contributed by atoms with Crippen LogP contribution in [-0.2, 0) is 21.5 Å². The summed E-state index contributed by atoms with van der Waals surface area (Å²) in [7, 11) is -1.16. The van der Waals surface area contributed by atoms with Crippen LogP contribution in [0.4, 0.5) is 8.78 Å². The lowest BCUT2D eigenvalue weighted by molar-refractivity contribution is -0.129. The van der Waals surface area contributed by atoms with Gasteiger partial charge in [-0.25, -0.2) is 4.98 Å². The molecule has 2 aromatic heterocycles. The summed E-state index contributed by atoms with van der Waals surface area (Å²) in [5.74, 6) is 0.329. The van der Waals surface area contributed by atoms with Crippen LogP contribution in [0.1, 0.15) is 60.0 Å². The molecule has 40 heavy (non-hydrogen) atoms. The zero-order valence-corrected chi connectivity index (χ0v) is 25.8. The molecule has 1 fully saturated rings. The third kappa shape index (κ3) is 8.80. The molecule has 0 bridgehead atoms. The molecule has 1 aliphatic carbocycles. The molecule has 0 amide bonds. The molecule has 0 radical (unpaired) electrons. The van der Waals surface area contributed by atoms with E-state index in [1.165, 1.54) is 0 Å². The van der Waals surface area contributed by atoms with E-state index in [0.717, 1.165) is 46.3 Å². The molecule has 0 aliphatic heterocycles. The van der Waals surface area contributed by atoms with Crippen LogP contribution in [0, 0.1) is 0 Å². The number of hydrogen-bond donors (Lipinski definition) is 0. The van der Waals surface area contributed by atoms with E-state index in [1.54, 1.807) is 29.8 Å². The number of alkyl halides is 2. The highest BCUT2D eigenvalue weighted by Crippen LogP contribution is 2.41. The van der Waals surface area contributed by atoms with E-state index in [9.17, 15) is 8.78 Å². The van der Waals surface area contributed by atoms with Crippen molar-refractivity contribution in [3.8, 4) is 11.5 Å². The first-order valence-corrected chi connectivity index (χ1v) is 18.3. The summed E-state index contributed by atoms with van der Waals surface area (Å²) >= 11 is 1.59. The van der Waals surface area contributed by atoms with Gasteiger partial charge < -0.3 is 18.9 Å². The zero-order chi connectivity index (χ0) is 28.8. The smallest absolute Gasteiger partial charge is 0.387 e. The molecule has 1 aromatic carbocycles. The van der Waals surface area contributed by atoms with Gasteiger partial charge in [-0.3, -0.25) is 4.98 Å². The van der Waals surface area contributed by atoms with E-state index in [2.05, 4.69) is 24.6 Å². The fraction of sp³-hybridized carbons (Fsp3) is 0.533. The van der Waals surface area contributed by atoms with Crippen molar-refractivity contribution in [3.05, 3.63) is 69.9 Å². The minimum absolute atomic E-state index is 0.0230. The van der Waals surface area contributed by atoms with Crippen LogP contribution >= 0.6 is 11.3 Å². The number of ether oxygens (including phenoxy) is 4. The van der Waals surface area contributed by atoms with E-state index in [-0.39, 0.29) is 24.6 Å². The van der Waals surface area contributed by atoms with Crippen LogP contribution in [0.25, 0.3) is 0 Å². The third-order valence-corrected chi connectivity index (χ3v) is 10.1. The van der Waals surface area contributed by atoms with Crippen LogP contribution in [0.2, 0.25) is 25.7 Å². The van der Waals surface area contributed by atoms with Gasteiger partial charge >= 0.3 is 6.61 Å². The maximum atomic E-state index is 13.1. The Kier molecular flexibility index (Phi) is 10.3. The number of rotatable bonds is 15. The van der Waals surface area contributed by atoms with Crippen molar-refractivity contribution in [2.24, 2.45) is 0 Å². The highest BCUT2D eigenvalue weighted by atomic mass is 32.1. The number of halogens is 2. The maximum absolute atomic E-state index is 13.1. The van der Waals surface area contributed by atoms with Crippen molar-refractivity contribution < 1.29 is 27.7 Å². The first-order chi connectivity index (χ1) is 19.0. The Balaban J connectivity index is 1.57. The van der Waals surface area contributed by atoms with E-state index >= 15 is 0 Å². The monoisotopic (exact) mass is 590 g/mol. The number of aromatic nitrogens is 2. The minimum atomic E-state index is -2.92. The number of nitrogens with zero attached hydrogens (tertiary/aromatic N) is 2. The molecule has 0 saturated heterocycles. The summed E-state index contributed by atoms with van der Waals surface area (Å²) in [6, 6.07) is 10.3. The lowest BCUT2D eigenvalue weighted by Gasteiger charge is -2.28. The van der Waals surface area contributed by atoms with Crippen molar-refractivity contribution in [1.82, 2.24) is 9.97 Å². The molecule has 2 heterocycles. The fourth-order valence-electron chi connectivity index (χ4n) is 4.25. The van der Waals surface area contributed by atoms with Crippen molar-refractivity contribution in [2.75, 3.05) is 13.4 Å². The molecule has 0 spiro atoms. The second-order valence-corrected chi connectivity index (χ2v) is 18.6. The summed E-state index contributed by atoms with van der Waals surface area (Å²) < 4.78 is 49.0. The SMILES string of the molecule is CC(C)(OCOCC[Si](C)(C)C)c1ncc([C@H](Cc2ccncc2)c2ccc(OC(F)F)c(OC3CCC3)c2)s1. The number of pyridine rings is 1. The Labute approximate surface area is 241 Å². The second kappa shape index (κ2) is 13.5. The Bertz CT molecular complexity index is 1220. The van der Waals surface area contributed by atoms with Gasteiger partial charge in [-0.05, 0) is 81.0 Å². The van der Waals surface area contributed by atoms with Crippen molar-refractivity contribution in [3.63, 3.8) is 0 Å². The van der Waals surface area contributed by atoms with Crippen LogP contribution in [0.5, 0.6) is 11.5 Å².